The van der Waals surface area contributed by atoms with Gasteiger partial charge in [0.25, 0.3) is 0 Å². The lowest BCUT2D eigenvalue weighted by Crippen LogP contribution is -2.45. The van der Waals surface area contributed by atoms with Crippen molar-refractivity contribution in [3.05, 3.63) is 24.2 Å². The molecule has 0 aliphatic heterocycles. The molecular formula is C13H20N2O4. The molecule has 106 valence electrons. The number of rotatable bonds is 7. The van der Waals surface area contributed by atoms with Gasteiger partial charge in [-0.15, -0.1) is 0 Å². The molecule has 2 N–H and O–H groups in total. The number of carbonyl (C=O) groups excluding carboxylic acids is 1. The molecule has 0 bridgehead atoms. The normalized spacial score (nSPS) is 11.9. The minimum atomic E-state index is -0.908. The number of amides is 2. The first kappa shape index (κ1) is 15.1. The second kappa shape index (κ2) is 7.45. The van der Waals surface area contributed by atoms with Crippen LogP contribution in [0.2, 0.25) is 0 Å². The van der Waals surface area contributed by atoms with Crippen molar-refractivity contribution >= 4 is 12.0 Å². The fourth-order valence-corrected chi connectivity index (χ4v) is 1.72. The fourth-order valence-electron chi connectivity index (χ4n) is 1.72. The standard InChI is InChI=1S/C13H20N2O4/c1-3-15(7-6-12(16)17)13(18)14-10(2)9-11-5-4-8-19-11/h4-5,8,10H,3,6-7,9H2,1-2H3,(H,14,18)(H,16,17). The van der Waals surface area contributed by atoms with Gasteiger partial charge in [0.05, 0.1) is 12.7 Å². The maximum atomic E-state index is 11.9. The van der Waals surface area contributed by atoms with Gasteiger partial charge in [0.1, 0.15) is 5.76 Å². The summed E-state index contributed by atoms with van der Waals surface area (Å²) in [5, 5.41) is 11.4. The molecule has 0 saturated carbocycles. The van der Waals surface area contributed by atoms with E-state index in [1.165, 1.54) is 4.90 Å². The Bertz CT molecular complexity index is 403. The van der Waals surface area contributed by atoms with Crippen LogP contribution < -0.4 is 5.32 Å². The van der Waals surface area contributed by atoms with E-state index < -0.39 is 5.97 Å². The highest BCUT2D eigenvalue weighted by Gasteiger charge is 2.15. The third-order valence-corrected chi connectivity index (χ3v) is 2.72. The molecule has 19 heavy (non-hydrogen) atoms. The number of carboxylic acid groups (broad SMARTS) is 1. The first-order valence-electron chi connectivity index (χ1n) is 6.32. The zero-order chi connectivity index (χ0) is 14.3. The summed E-state index contributed by atoms with van der Waals surface area (Å²) >= 11 is 0. The molecule has 0 aliphatic carbocycles. The van der Waals surface area contributed by atoms with E-state index in [9.17, 15) is 9.59 Å². The molecule has 1 aromatic heterocycles. The van der Waals surface area contributed by atoms with Gasteiger partial charge in [-0.1, -0.05) is 0 Å². The van der Waals surface area contributed by atoms with Gasteiger partial charge >= 0.3 is 12.0 Å². The number of furan rings is 1. The van der Waals surface area contributed by atoms with Gasteiger partial charge in [-0.05, 0) is 26.0 Å². The first-order valence-corrected chi connectivity index (χ1v) is 6.32. The molecule has 1 aromatic rings. The van der Waals surface area contributed by atoms with Crippen molar-refractivity contribution in [2.45, 2.75) is 32.7 Å². The molecule has 6 nitrogen and oxygen atoms in total. The smallest absolute Gasteiger partial charge is 0.317 e. The Morgan fingerprint density at radius 2 is 2.26 bits per heavy atom. The van der Waals surface area contributed by atoms with Crippen molar-refractivity contribution in [3.8, 4) is 0 Å². The Morgan fingerprint density at radius 1 is 1.53 bits per heavy atom. The maximum Gasteiger partial charge on any atom is 0.317 e. The Labute approximate surface area is 112 Å². The van der Waals surface area contributed by atoms with Crippen molar-refractivity contribution in [1.29, 1.82) is 0 Å². The van der Waals surface area contributed by atoms with Crippen molar-refractivity contribution in [2.75, 3.05) is 13.1 Å². The highest BCUT2D eigenvalue weighted by atomic mass is 16.4. The van der Waals surface area contributed by atoms with Crippen LogP contribution in [-0.2, 0) is 11.2 Å². The summed E-state index contributed by atoms with van der Waals surface area (Å²) in [4.78, 5) is 23.9. The number of carboxylic acids is 1. The van der Waals surface area contributed by atoms with Gasteiger partial charge in [0.15, 0.2) is 0 Å². The molecule has 6 heteroatoms. The largest absolute Gasteiger partial charge is 0.481 e. The lowest BCUT2D eigenvalue weighted by atomic mass is 10.2. The highest BCUT2D eigenvalue weighted by molar-refractivity contribution is 5.75. The van der Waals surface area contributed by atoms with Crippen molar-refractivity contribution in [2.24, 2.45) is 0 Å². The van der Waals surface area contributed by atoms with E-state index in [-0.39, 0.29) is 25.0 Å². The number of carbonyl (C=O) groups is 2. The van der Waals surface area contributed by atoms with Crippen molar-refractivity contribution < 1.29 is 19.1 Å². The molecular weight excluding hydrogens is 248 g/mol. The van der Waals surface area contributed by atoms with Crippen LogP contribution in [0.1, 0.15) is 26.0 Å². The fraction of sp³-hybridized carbons (Fsp3) is 0.538. The molecule has 1 heterocycles. The minimum Gasteiger partial charge on any atom is -0.481 e. The number of urea groups is 1. The monoisotopic (exact) mass is 268 g/mol. The van der Waals surface area contributed by atoms with E-state index in [1.807, 2.05) is 19.9 Å². The third kappa shape index (κ3) is 5.46. The number of aliphatic carboxylic acids is 1. The summed E-state index contributed by atoms with van der Waals surface area (Å²) < 4.78 is 5.21. The van der Waals surface area contributed by atoms with Crippen LogP contribution in [0.3, 0.4) is 0 Å². The Morgan fingerprint density at radius 3 is 2.79 bits per heavy atom. The lowest BCUT2D eigenvalue weighted by Gasteiger charge is -2.23. The topological polar surface area (TPSA) is 82.8 Å². The van der Waals surface area contributed by atoms with E-state index in [0.29, 0.717) is 13.0 Å². The van der Waals surface area contributed by atoms with Gasteiger partial charge in [-0.3, -0.25) is 4.79 Å². The third-order valence-electron chi connectivity index (χ3n) is 2.72. The summed E-state index contributed by atoms with van der Waals surface area (Å²) in [7, 11) is 0. The van der Waals surface area contributed by atoms with Crippen LogP contribution >= 0.6 is 0 Å². The molecule has 0 aliphatic rings. The summed E-state index contributed by atoms with van der Waals surface area (Å²) in [5.41, 5.74) is 0. The van der Waals surface area contributed by atoms with Crippen molar-refractivity contribution in [1.82, 2.24) is 10.2 Å². The van der Waals surface area contributed by atoms with E-state index in [2.05, 4.69) is 5.32 Å². The molecule has 2 amide bonds. The molecule has 0 spiro atoms. The van der Waals surface area contributed by atoms with Crippen LogP contribution in [-0.4, -0.2) is 41.1 Å². The van der Waals surface area contributed by atoms with Gasteiger partial charge in [0.2, 0.25) is 0 Å². The molecule has 1 rings (SSSR count). The maximum absolute atomic E-state index is 11.9. The van der Waals surface area contributed by atoms with Gasteiger partial charge in [0, 0.05) is 25.6 Å². The average Bonchev–Trinajstić information content (AvgIpc) is 2.81. The second-order valence-corrected chi connectivity index (χ2v) is 4.36. The number of nitrogens with zero attached hydrogens (tertiary/aromatic N) is 1. The number of nitrogens with one attached hydrogen (secondary N) is 1. The Hall–Kier alpha value is -1.98. The number of hydrogen-bond acceptors (Lipinski definition) is 3. The average molecular weight is 268 g/mol. The second-order valence-electron chi connectivity index (χ2n) is 4.36. The molecule has 0 radical (unpaired) electrons. The van der Waals surface area contributed by atoms with E-state index in [4.69, 9.17) is 9.52 Å². The minimum absolute atomic E-state index is 0.0478. The summed E-state index contributed by atoms with van der Waals surface area (Å²) in [6.07, 6.45) is 2.15. The summed E-state index contributed by atoms with van der Waals surface area (Å²) in [6.45, 7) is 4.39. The van der Waals surface area contributed by atoms with Crippen LogP contribution in [0.25, 0.3) is 0 Å². The molecule has 0 saturated heterocycles. The predicted octanol–water partition coefficient (Wildman–Crippen LogP) is 1.72. The summed E-state index contributed by atoms with van der Waals surface area (Å²) in [5.74, 6) is -0.101. The van der Waals surface area contributed by atoms with Crippen LogP contribution in [0, 0.1) is 0 Å². The summed E-state index contributed by atoms with van der Waals surface area (Å²) in [6, 6.07) is 3.33. The van der Waals surface area contributed by atoms with Crippen LogP contribution in [0.5, 0.6) is 0 Å². The molecule has 1 atom stereocenters. The lowest BCUT2D eigenvalue weighted by molar-refractivity contribution is -0.137. The molecule has 1 unspecified atom stereocenters. The van der Waals surface area contributed by atoms with Crippen molar-refractivity contribution in [3.63, 3.8) is 0 Å². The van der Waals surface area contributed by atoms with E-state index in [1.54, 1.807) is 12.3 Å². The van der Waals surface area contributed by atoms with E-state index in [0.717, 1.165) is 5.76 Å². The Balaban J connectivity index is 2.40. The van der Waals surface area contributed by atoms with Gasteiger partial charge < -0.3 is 19.7 Å². The van der Waals surface area contributed by atoms with Gasteiger partial charge in [-0.25, -0.2) is 4.79 Å². The van der Waals surface area contributed by atoms with Gasteiger partial charge in [-0.2, -0.15) is 0 Å². The zero-order valence-electron chi connectivity index (χ0n) is 11.3. The van der Waals surface area contributed by atoms with Crippen LogP contribution in [0.4, 0.5) is 4.79 Å². The van der Waals surface area contributed by atoms with Crippen LogP contribution in [0.15, 0.2) is 22.8 Å². The quantitative estimate of drug-likeness (QED) is 0.788. The first-order chi connectivity index (χ1) is 9.02. The molecule has 0 aromatic carbocycles. The predicted molar refractivity (Wildman–Crippen MR) is 69.9 cm³/mol. The zero-order valence-corrected chi connectivity index (χ0v) is 11.3. The molecule has 0 fully saturated rings. The SMILES string of the molecule is CCN(CCC(=O)O)C(=O)NC(C)Cc1ccco1. The highest BCUT2D eigenvalue weighted by Crippen LogP contribution is 2.04. The van der Waals surface area contributed by atoms with E-state index >= 15 is 0 Å². The number of hydrogen-bond donors (Lipinski definition) is 2. The Kier molecular flexibility index (Phi) is 5.92.